The smallest absolute Gasteiger partial charge is 0.0781 e. The second-order valence-corrected chi connectivity index (χ2v) is 6.67. The maximum Gasteiger partial charge on any atom is 0.0781 e. The Balaban J connectivity index is 2.07. The van der Waals surface area contributed by atoms with Crippen LogP contribution in [-0.4, -0.2) is 28.8 Å². The standard InChI is InChI=1S/C16H27NOS/c1-13(2)11-15(17)16(18)12-19-10-6-9-14-7-4-3-5-8-14/h3-5,7-8,13,15-16,18H,6,9-12,17H2,1-2H3. The van der Waals surface area contributed by atoms with E-state index in [-0.39, 0.29) is 12.1 Å². The van der Waals surface area contributed by atoms with E-state index in [1.165, 1.54) is 5.56 Å². The van der Waals surface area contributed by atoms with Gasteiger partial charge in [-0.1, -0.05) is 44.2 Å². The first-order valence-electron chi connectivity index (χ1n) is 7.15. The Morgan fingerprint density at radius 3 is 2.53 bits per heavy atom. The van der Waals surface area contributed by atoms with Gasteiger partial charge in [-0.25, -0.2) is 0 Å². The summed E-state index contributed by atoms with van der Waals surface area (Å²) in [6, 6.07) is 10.5. The molecule has 2 atom stereocenters. The molecule has 0 aliphatic heterocycles. The van der Waals surface area contributed by atoms with Gasteiger partial charge in [-0.15, -0.1) is 0 Å². The van der Waals surface area contributed by atoms with E-state index in [1.54, 1.807) is 11.8 Å². The van der Waals surface area contributed by atoms with Gasteiger partial charge in [-0.05, 0) is 36.5 Å². The summed E-state index contributed by atoms with van der Waals surface area (Å²) in [4.78, 5) is 0. The molecule has 0 saturated heterocycles. The summed E-state index contributed by atoms with van der Waals surface area (Å²) in [5.41, 5.74) is 7.35. The van der Waals surface area contributed by atoms with Crippen molar-refractivity contribution in [2.45, 2.75) is 45.3 Å². The van der Waals surface area contributed by atoms with Crippen molar-refractivity contribution in [2.75, 3.05) is 11.5 Å². The maximum absolute atomic E-state index is 9.94. The molecule has 0 aliphatic carbocycles. The summed E-state index contributed by atoms with van der Waals surface area (Å²) < 4.78 is 0. The Kier molecular flexibility index (Phi) is 8.19. The fourth-order valence-corrected chi connectivity index (χ4v) is 3.06. The number of thioether (sulfide) groups is 1. The second-order valence-electron chi connectivity index (χ2n) is 5.52. The zero-order chi connectivity index (χ0) is 14.1. The van der Waals surface area contributed by atoms with Crippen LogP contribution in [0.1, 0.15) is 32.3 Å². The summed E-state index contributed by atoms with van der Waals surface area (Å²) in [5.74, 6) is 2.39. The number of hydrogen-bond acceptors (Lipinski definition) is 3. The Bertz CT molecular complexity index is 329. The van der Waals surface area contributed by atoms with Crippen molar-refractivity contribution in [1.82, 2.24) is 0 Å². The molecule has 3 heteroatoms. The summed E-state index contributed by atoms with van der Waals surface area (Å²) in [5, 5.41) is 9.94. The monoisotopic (exact) mass is 281 g/mol. The Labute approximate surface area is 121 Å². The van der Waals surface area contributed by atoms with Crippen molar-refractivity contribution < 1.29 is 5.11 Å². The molecule has 2 nitrogen and oxygen atoms in total. The maximum atomic E-state index is 9.94. The van der Waals surface area contributed by atoms with Crippen LogP contribution in [-0.2, 0) is 6.42 Å². The topological polar surface area (TPSA) is 46.2 Å². The van der Waals surface area contributed by atoms with E-state index >= 15 is 0 Å². The van der Waals surface area contributed by atoms with Crippen molar-refractivity contribution in [3.05, 3.63) is 35.9 Å². The zero-order valence-corrected chi connectivity index (χ0v) is 12.9. The molecular weight excluding hydrogens is 254 g/mol. The number of hydrogen-bond donors (Lipinski definition) is 2. The molecule has 0 amide bonds. The third-order valence-corrected chi connectivity index (χ3v) is 4.28. The summed E-state index contributed by atoms with van der Waals surface area (Å²) in [6.45, 7) is 4.28. The Hall–Kier alpha value is -0.510. The first-order chi connectivity index (χ1) is 9.09. The summed E-state index contributed by atoms with van der Waals surface area (Å²) >= 11 is 1.81. The largest absolute Gasteiger partial charge is 0.391 e. The molecule has 0 aliphatic rings. The van der Waals surface area contributed by atoms with Gasteiger partial charge in [0.25, 0.3) is 0 Å². The molecule has 1 rings (SSSR count). The molecule has 0 aromatic heterocycles. The predicted molar refractivity (Wildman–Crippen MR) is 85.5 cm³/mol. The number of aliphatic hydroxyl groups is 1. The van der Waals surface area contributed by atoms with Crippen LogP contribution in [0.4, 0.5) is 0 Å². The highest BCUT2D eigenvalue weighted by Crippen LogP contribution is 2.13. The number of aliphatic hydroxyl groups excluding tert-OH is 1. The van der Waals surface area contributed by atoms with Crippen LogP contribution in [0.2, 0.25) is 0 Å². The number of nitrogens with two attached hydrogens (primary N) is 1. The van der Waals surface area contributed by atoms with E-state index in [9.17, 15) is 5.11 Å². The van der Waals surface area contributed by atoms with Gasteiger partial charge in [0.05, 0.1) is 6.10 Å². The van der Waals surface area contributed by atoms with Crippen molar-refractivity contribution in [2.24, 2.45) is 11.7 Å². The molecule has 0 spiro atoms. The highest BCUT2D eigenvalue weighted by molar-refractivity contribution is 7.99. The van der Waals surface area contributed by atoms with Crippen LogP contribution in [0, 0.1) is 5.92 Å². The number of aryl methyl sites for hydroxylation is 1. The SMILES string of the molecule is CC(C)CC(N)C(O)CSCCCc1ccccc1. The fourth-order valence-electron chi connectivity index (χ4n) is 2.05. The van der Waals surface area contributed by atoms with E-state index in [1.807, 2.05) is 6.07 Å². The molecule has 1 aromatic rings. The lowest BCUT2D eigenvalue weighted by atomic mass is 10.0. The highest BCUT2D eigenvalue weighted by Gasteiger charge is 2.15. The Morgan fingerprint density at radius 2 is 1.89 bits per heavy atom. The highest BCUT2D eigenvalue weighted by atomic mass is 32.2. The molecule has 0 radical (unpaired) electrons. The first-order valence-corrected chi connectivity index (χ1v) is 8.30. The van der Waals surface area contributed by atoms with E-state index in [0.29, 0.717) is 5.92 Å². The molecule has 108 valence electrons. The van der Waals surface area contributed by atoms with Crippen LogP contribution in [0.25, 0.3) is 0 Å². The van der Waals surface area contributed by atoms with Gasteiger partial charge in [-0.2, -0.15) is 11.8 Å². The number of rotatable bonds is 9. The van der Waals surface area contributed by atoms with Gasteiger partial charge in [-0.3, -0.25) is 0 Å². The van der Waals surface area contributed by atoms with Crippen LogP contribution < -0.4 is 5.73 Å². The molecule has 0 fully saturated rings. The lowest BCUT2D eigenvalue weighted by molar-refractivity contribution is 0.157. The van der Waals surface area contributed by atoms with Crippen molar-refractivity contribution in [1.29, 1.82) is 0 Å². The average molecular weight is 281 g/mol. The van der Waals surface area contributed by atoms with E-state index in [2.05, 4.69) is 38.1 Å². The molecule has 2 unspecified atom stereocenters. The predicted octanol–water partition coefficient (Wildman–Crippen LogP) is 3.09. The minimum atomic E-state index is -0.371. The van der Waals surface area contributed by atoms with E-state index < -0.39 is 0 Å². The van der Waals surface area contributed by atoms with Gasteiger partial charge in [0.15, 0.2) is 0 Å². The Morgan fingerprint density at radius 1 is 1.21 bits per heavy atom. The van der Waals surface area contributed by atoms with Gasteiger partial charge < -0.3 is 10.8 Å². The summed E-state index contributed by atoms with van der Waals surface area (Å²) in [7, 11) is 0. The van der Waals surface area contributed by atoms with Crippen molar-refractivity contribution in [3.8, 4) is 0 Å². The second kappa shape index (κ2) is 9.40. The lowest BCUT2D eigenvalue weighted by Gasteiger charge is -2.20. The van der Waals surface area contributed by atoms with Crippen LogP contribution >= 0.6 is 11.8 Å². The van der Waals surface area contributed by atoms with Gasteiger partial charge >= 0.3 is 0 Å². The normalized spacial score (nSPS) is 14.6. The molecular formula is C16H27NOS. The molecule has 0 heterocycles. The molecule has 3 N–H and O–H groups in total. The fraction of sp³-hybridized carbons (Fsp3) is 0.625. The van der Waals surface area contributed by atoms with Crippen molar-refractivity contribution in [3.63, 3.8) is 0 Å². The van der Waals surface area contributed by atoms with Gasteiger partial charge in [0, 0.05) is 11.8 Å². The molecule has 0 saturated carbocycles. The van der Waals surface area contributed by atoms with Crippen LogP contribution in [0.5, 0.6) is 0 Å². The molecule has 0 bridgehead atoms. The number of benzene rings is 1. The zero-order valence-electron chi connectivity index (χ0n) is 12.1. The molecule has 19 heavy (non-hydrogen) atoms. The minimum absolute atomic E-state index is 0.0818. The quantitative estimate of drug-likeness (QED) is 0.684. The first kappa shape index (κ1) is 16.5. The van der Waals surface area contributed by atoms with Gasteiger partial charge in [0.1, 0.15) is 0 Å². The van der Waals surface area contributed by atoms with Crippen LogP contribution in [0.3, 0.4) is 0 Å². The minimum Gasteiger partial charge on any atom is -0.391 e. The third-order valence-electron chi connectivity index (χ3n) is 3.12. The summed E-state index contributed by atoms with van der Waals surface area (Å²) in [6.07, 6.45) is 2.79. The van der Waals surface area contributed by atoms with Gasteiger partial charge in [0.2, 0.25) is 0 Å². The van der Waals surface area contributed by atoms with Crippen molar-refractivity contribution >= 4 is 11.8 Å². The molecule has 1 aromatic carbocycles. The van der Waals surface area contributed by atoms with E-state index in [4.69, 9.17) is 5.73 Å². The third kappa shape index (κ3) is 7.61. The van der Waals surface area contributed by atoms with Crippen LogP contribution in [0.15, 0.2) is 30.3 Å². The average Bonchev–Trinajstić information content (AvgIpc) is 2.38. The van der Waals surface area contributed by atoms with E-state index in [0.717, 1.165) is 30.8 Å². The lowest BCUT2D eigenvalue weighted by Crippen LogP contribution is -2.37.